The smallest absolute Gasteiger partial charge is 0.250 e. The molecule has 1 aromatic carbocycles. The van der Waals surface area contributed by atoms with Crippen LogP contribution in [0.1, 0.15) is 133 Å². The highest BCUT2D eigenvalue weighted by atomic mass is 19.3. The van der Waals surface area contributed by atoms with Crippen LogP contribution in [0.4, 0.5) is 8.78 Å². The van der Waals surface area contributed by atoms with Gasteiger partial charge in [-0.1, -0.05) is 63.4 Å². The first-order valence-electron chi connectivity index (χ1n) is 16.1. The SMILES string of the molecule is Cc1nnc(C(C)C)n1C1CC2CCC(C1)N2CC[C@H](NC(=O)CCCC(F)(F)C1CCCCC1)c1ccccc1. The first-order valence-corrected chi connectivity index (χ1v) is 16.1. The first kappa shape index (κ1) is 30.1. The Bertz CT molecular complexity index is 1120. The Hall–Kier alpha value is -2.35. The highest BCUT2D eigenvalue weighted by molar-refractivity contribution is 5.76. The van der Waals surface area contributed by atoms with E-state index in [2.05, 4.69) is 57.9 Å². The molecule has 1 N–H and O–H groups in total. The molecule has 1 saturated carbocycles. The van der Waals surface area contributed by atoms with Crippen molar-refractivity contribution in [2.75, 3.05) is 6.54 Å². The molecule has 8 heteroatoms. The lowest BCUT2D eigenvalue weighted by atomic mass is 9.83. The Morgan fingerprint density at radius 1 is 1.00 bits per heavy atom. The van der Waals surface area contributed by atoms with Crippen LogP contribution in [0.15, 0.2) is 30.3 Å². The van der Waals surface area contributed by atoms with Crippen LogP contribution in [0, 0.1) is 12.8 Å². The molecular formula is C33H49F2N5O. The normalized spacial score (nSPS) is 24.6. The molecule has 2 saturated heterocycles. The van der Waals surface area contributed by atoms with Crippen LogP contribution in [0.5, 0.6) is 0 Å². The van der Waals surface area contributed by atoms with Gasteiger partial charge in [-0.15, -0.1) is 10.2 Å². The Morgan fingerprint density at radius 3 is 2.34 bits per heavy atom. The number of hydrogen-bond donors (Lipinski definition) is 1. The summed E-state index contributed by atoms with van der Waals surface area (Å²) in [6.07, 6.45) is 9.73. The zero-order chi connectivity index (χ0) is 29.0. The van der Waals surface area contributed by atoms with Gasteiger partial charge in [0.15, 0.2) is 0 Å². The van der Waals surface area contributed by atoms with Crippen LogP contribution in [0.2, 0.25) is 0 Å². The highest BCUT2D eigenvalue weighted by Gasteiger charge is 2.42. The number of aromatic nitrogens is 3. The van der Waals surface area contributed by atoms with Gasteiger partial charge in [-0.2, -0.15) is 0 Å². The fourth-order valence-corrected chi connectivity index (χ4v) is 7.82. The zero-order valence-corrected chi connectivity index (χ0v) is 25.2. The van der Waals surface area contributed by atoms with Crippen molar-refractivity contribution in [1.29, 1.82) is 0 Å². The van der Waals surface area contributed by atoms with E-state index >= 15 is 0 Å². The summed E-state index contributed by atoms with van der Waals surface area (Å²) < 4.78 is 31.9. The van der Waals surface area contributed by atoms with Crippen molar-refractivity contribution in [3.05, 3.63) is 47.5 Å². The molecule has 2 unspecified atom stereocenters. The van der Waals surface area contributed by atoms with Crippen molar-refractivity contribution < 1.29 is 13.6 Å². The summed E-state index contributed by atoms with van der Waals surface area (Å²) in [7, 11) is 0. The van der Waals surface area contributed by atoms with E-state index in [1.807, 2.05) is 18.2 Å². The number of nitrogens with one attached hydrogen (secondary N) is 1. The minimum absolute atomic E-state index is 0.118. The van der Waals surface area contributed by atoms with Crippen molar-refractivity contribution in [1.82, 2.24) is 25.0 Å². The van der Waals surface area contributed by atoms with Crippen LogP contribution in [-0.2, 0) is 4.79 Å². The molecule has 0 spiro atoms. The Kier molecular flexibility index (Phi) is 9.77. The fraction of sp³-hybridized carbons (Fsp3) is 0.727. The van der Waals surface area contributed by atoms with Gasteiger partial charge >= 0.3 is 0 Å². The Labute approximate surface area is 244 Å². The minimum atomic E-state index is -2.66. The van der Waals surface area contributed by atoms with Gasteiger partial charge in [0.05, 0.1) is 6.04 Å². The van der Waals surface area contributed by atoms with Gasteiger partial charge in [0.25, 0.3) is 5.92 Å². The van der Waals surface area contributed by atoms with Crippen LogP contribution in [0.3, 0.4) is 0 Å². The highest BCUT2D eigenvalue weighted by Crippen LogP contribution is 2.43. The molecule has 2 bridgehead atoms. The van der Waals surface area contributed by atoms with Crippen molar-refractivity contribution in [3.63, 3.8) is 0 Å². The number of benzene rings is 1. The van der Waals surface area contributed by atoms with Crippen molar-refractivity contribution in [2.24, 2.45) is 5.92 Å². The lowest BCUT2D eigenvalue weighted by molar-refractivity contribution is -0.122. The Balaban J connectivity index is 1.17. The molecule has 1 aliphatic carbocycles. The average Bonchev–Trinajstić information content (AvgIpc) is 3.46. The number of aryl methyl sites for hydroxylation is 1. The molecule has 2 aliphatic heterocycles. The molecule has 6 nitrogen and oxygen atoms in total. The van der Waals surface area contributed by atoms with Crippen LogP contribution < -0.4 is 5.32 Å². The van der Waals surface area contributed by atoms with E-state index < -0.39 is 11.8 Å². The van der Waals surface area contributed by atoms with Gasteiger partial charge in [-0.05, 0) is 63.9 Å². The third-order valence-corrected chi connectivity index (χ3v) is 9.96. The molecule has 1 aromatic heterocycles. The average molecular weight is 570 g/mol. The topological polar surface area (TPSA) is 63.1 Å². The quantitative estimate of drug-likeness (QED) is 0.287. The van der Waals surface area contributed by atoms with E-state index in [1.165, 1.54) is 12.8 Å². The molecule has 3 aliphatic rings. The van der Waals surface area contributed by atoms with Gasteiger partial charge in [0.1, 0.15) is 11.6 Å². The van der Waals surface area contributed by atoms with Crippen molar-refractivity contribution in [2.45, 2.75) is 140 Å². The monoisotopic (exact) mass is 569 g/mol. The zero-order valence-electron chi connectivity index (χ0n) is 25.2. The van der Waals surface area contributed by atoms with E-state index in [-0.39, 0.29) is 31.2 Å². The van der Waals surface area contributed by atoms with Gasteiger partial charge in [0.2, 0.25) is 5.91 Å². The third-order valence-electron chi connectivity index (χ3n) is 9.96. The van der Waals surface area contributed by atoms with E-state index in [9.17, 15) is 13.6 Å². The Morgan fingerprint density at radius 2 is 1.68 bits per heavy atom. The molecule has 2 aromatic rings. The second-order valence-corrected chi connectivity index (χ2v) is 13.1. The number of carbonyl (C=O) groups excluding carboxylic acids is 1. The number of nitrogens with zero attached hydrogens (tertiary/aromatic N) is 4. The summed E-state index contributed by atoms with van der Waals surface area (Å²) >= 11 is 0. The van der Waals surface area contributed by atoms with E-state index in [0.29, 0.717) is 36.9 Å². The second kappa shape index (κ2) is 13.3. The number of hydrogen-bond acceptors (Lipinski definition) is 4. The summed E-state index contributed by atoms with van der Waals surface area (Å²) in [5.74, 6) is -0.850. The molecule has 226 valence electrons. The number of carbonyl (C=O) groups is 1. The van der Waals surface area contributed by atoms with E-state index in [4.69, 9.17) is 0 Å². The number of halogens is 2. The van der Waals surface area contributed by atoms with Crippen LogP contribution in [-0.4, -0.2) is 50.1 Å². The van der Waals surface area contributed by atoms with Crippen LogP contribution >= 0.6 is 0 Å². The van der Waals surface area contributed by atoms with Gasteiger partial charge in [0, 0.05) is 49.3 Å². The number of rotatable bonds is 12. The second-order valence-electron chi connectivity index (χ2n) is 13.1. The summed E-state index contributed by atoms with van der Waals surface area (Å²) in [6, 6.07) is 11.5. The molecule has 3 atom stereocenters. The van der Waals surface area contributed by atoms with Crippen LogP contribution in [0.25, 0.3) is 0 Å². The number of piperidine rings is 1. The van der Waals surface area contributed by atoms with E-state index in [0.717, 1.165) is 62.3 Å². The summed E-state index contributed by atoms with van der Waals surface area (Å²) in [4.78, 5) is 15.7. The molecular weight excluding hydrogens is 520 g/mol. The molecule has 3 fully saturated rings. The van der Waals surface area contributed by atoms with E-state index in [1.54, 1.807) is 0 Å². The van der Waals surface area contributed by atoms with Gasteiger partial charge in [-0.3, -0.25) is 9.69 Å². The largest absolute Gasteiger partial charge is 0.349 e. The maximum Gasteiger partial charge on any atom is 0.250 e. The van der Waals surface area contributed by atoms with Crippen molar-refractivity contribution in [3.8, 4) is 0 Å². The first-order chi connectivity index (χ1) is 19.7. The summed E-state index contributed by atoms with van der Waals surface area (Å²) in [6.45, 7) is 7.35. The molecule has 5 rings (SSSR count). The number of fused-ring (bicyclic) bond motifs is 2. The standard InChI is InChI=1S/C33H49F2N5O/c1-23(2)32-38-37-24(3)40(32)29-21-27-16-17-28(22-29)39(27)20-18-30(25-11-6-4-7-12-25)36-31(41)15-10-19-33(34,35)26-13-8-5-9-14-26/h4,6-7,11-12,23,26-30H,5,8-10,13-22H2,1-3H3,(H,36,41)/t27?,28?,29?,30-/m0/s1. The fourth-order valence-electron chi connectivity index (χ4n) is 7.82. The van der Waals surface area contributed by atoms with Crippen molar-refractivity contribution >= 4 is 5.91 Å². The summed E-state index contributed by atoms with van der Waals surface area (Å²) in [5, 5.41) is 12.1. The number of amides is 1. The number of alkyl halides is 2. The molecule has 0 radical (unpaired) electrons. The maximum atomic E-state index is 14.7. The third kappa shape index (κ3) is 7.18. The lowest BCUT2D eigenvalue weighted by Gasteiger charge is -2.40. The minimum Gasteiger partial charge on any atom is -0.349 e. The van der Waals surface area contributed by atoms with Gasteiger partial charge < -0.3 is 9.88 Å². The summed E-state index contributed by atoms with van der Waals surface area (Å²) in [5.41, 5.74) is 1.08. The molecule has 41 heavy (non-hydrogen) atoms. The predicted molar refractivity (Wildman–Crippen MR) is 158 cm³/mol. The predicted octanol–water partition coefficient (Wildman–Crippen LogP) is 7.51. The molecule has 1 amide bonds. The lowest BCUT2D eigenvalue weighted by Crippen LogP contribution is -2.45. The van der Waals surface area contributed by atoms with Gasteiger partial charge in [-0.25, -0.2) is 8.78 Å². The maximum absolute atomic E-state index is 14.7. The molecule has 3 heterocycles.